The van der Waals surface area contributed by atoms with Gasteiger partial charge in [0.05, 0.1) is 0 Å². The maximum atomic E-state index is 7.13. The zero-order valence-electron chi connectivity index (χ0n) is 30.6. The Labute approximate surface area is 312 Å². The van der Waals surface area contributed by atoms with Gasteiger partial charge < -0.3 is 0 Å². The molecule has 0 aliphatic rings. The monoisotopic (exact) mass is 782 g/mol. The molecule has 12 nitrogen and oxygen atoms in total. The summed E-state index contributed by atoms with van der Waals surface area (Å²) in [7, 11) is 0. The molecule has 0 spiro atoms. The van der Waals surface area contributed by atoms with Gasteiger partial charge in [-0.25, -0.2) is 0 Å². The Hall–Kier alpha value is -5.68. The van der Waals surface area contributed by atoms with Crippen LogP contribution in [-0.2, 0) is 22.0 Å². The zero-order chi connectivity index (χ0) is 37.0. The first kappa shape index (κ1) is 34.4. The number of hydrogen-bond acceptors (Lipinski definition) is 12. The number of benzene rings is 4. The second-order valence-electron chi connectivity index (χ2n) is 13.0. The molecule has 0 saturated carbocycles. The maximum absolute atomic E-state index is 7.13. The van der Waals surface area contributed by atoms with Crippen LogP contribution < -0.4 is 11.3 Å². The molecule has 0 fully saturated rings. The van der Waals surface area contributed by atoms with Gasteiger partial charge in [-0.3, -0.25) is 0 Å². The number of aryl methyl sites for hydroxylation is 8. The number of aromatic nitrogens is 8. The van der Waals surface area contributed by atoms with Crippen molar-refractivity contribution >= 4 is 44.1 Å². The Balaban J connectivity index is 1.41. The fourth-order valence-corrected chi connectivity index (χ4v) is 10.8. The quantitative estimate of drug-likeness (QED) is 0.146. The third kappa shape index (κ3) is 6.50. The van der Waals surface area contributed by atoms with E-state index in [4.69, 9.17) is 51.1 Å². The summed E-state index contributed by atoms with van der Waals surface area (Å²) in [6, 6.07) is 22.3. The summed E-state index contributed by atoms with van der Waals surface area (Å²) in [6.07, 6.45) is 0. The summed E-state index contributed by atoms with van der Waals surface area (Å²) in [5, 5.41) is 0. The minimum absolute atomic E-state index is 0.379. The SMILES string of the molecule is Cc1nc2cccc([O][Zr]([O]c3cccc4nc(C)c(C)nc34)([O]c3cccc4nc(C)c(C)nc34)[O]c3cccc4nc(C)c(C)nc34)c2nc1C. The van der Waals surface area contributed by atoms with Crippen LogP contribution in [0, 0.1) is 55.4 Å². The first-order chi connectivity index (χ1) is 25.5. The molecule has 0 bridgehead atoms. The summed E-state index contributed by atoms with van der Waals surface area (Å²) in [5.41, 5.74) is 11.0. The molecule has 4 heterocycles. The van der Waals surface area contributed by atoms with Crippen LogP contribution in [0.2, 0.25) is 0 Å². The normalized spacial score (nSPS) is 11.8. The fraction of sp³-hybridized carbons (Fsp3) is 0.200. The average molecular weight is 784 g/mol. The van der Waals surface area contributed by atoms with Gasteiger partial charge >= 0.3 is 314 Å². The molecule has 53 heavy (non-hydrogen) atoms. The van der Waals surface area contributed by atoms with Crippen molar-refractivity contribution in [1.82, 2.24) is 39.9 Å². The first-order valence-corrected chi connectivity index (χ1v) is 21.2. The molecular formula is C40H36N8O4Zr. The van der Waals surface area contributed by atoms with Crippen molar-refractivity contribution in [2.24, 2.45) is 0 Å². The van der Waals surface area contributed by atoms with Crippen LogP contribution in [0.1, 0.15) is 45.6 Å². The molecule has 4 aromatic carbocycles. The van der Waals surface area contributed by atoms with Gasteiger partial charge in [0.15, 0.2) is 0 Å². The van der Waals surface area contributed by atoms with E-state index >= 15 is 0 Å². The summed E-state index contributed by atoms with van der Waals surface area (Å²) in [4.78, 5) is 38.8. The van der Waals surface area contributed by atoms with E-state index in [0.717, 1.165) is 45.6 Å². The Morgan fingerprint density at radius 2 is 0.509 bits per heavy atom. The molecule has 4 aromatic heterocycles. The van der Waals surface area contributed by atoms with Crippen molar-refractivity contribution in [3.63, 3.8) is 0 Å². The number of nitrogens with zero attached hydrogens (tertiary/aromatic N) is 8. The van der Waals surface area contributed by atoms with Gasteiger partial charge in [0.25, 0.3) is 0 Å². The Morgan fingerprint density at radius 3 is 0.736 bits per heavy atom. The van der Waals surface area contributed by atoms with E-state index in [0.29, 0.717) is 67.1 Å². The average Bonchev–Trinajstić information content (AvgIpc) is 3.12. The number of hydrogen-bond donors (Lipinski definition) is 0. The van der Waals surface area contributed by atoms with Gasteiger partial charge in [0.1, 0.15) is 0 Å². The van der Waals surface area contributed by atoms with Crippen LogP contribution >= 0.6 is 0 Å². The molecule has 8 aromatic rings. The van der Waals surface area contributed by atoms with Gasteiger partial charge in [0.2, 0.25) is 0 Å². The minimum atomic E-state index is -5.76. The van der Waals surface area contributed by atoms with E-state index in [2.05, 4.69) is 0 Å². The molecule has 0 aliphatic carbocycles. The molecule has 0 aliphatic heterocycles. The van der Waals surface area contributed by atoms with Gasteiger partial charge in [-0.2, -0.15) is 0 Å². The van der Waals surface area contributed by atoms with Crippen LogP contribution in [0.4, 0.5) is 0 Å². The van der Waals surface area contributed by atoms with Gasteiger partial charge in [-0.05, 0) is 0 Å². The van der Waals surface area contributed by atoms with Crippen molar-refractivity contribution in [2.45, 2.75) is 55.4 Å². The van der Waals surface area contributed by atoms with Gasteiger partial charge in [-0.15, -0.1) is 0 Å². The molecular weight excluding hydrogens is 748 g/mol. The van der Waals surface area contributed by atoms with E-state index in [1.165, 1.54) is 0 Å². The predicted molar refractivity (Wildman–Crippen MR) is 199 cm³/mol. The van der Waals surface area contributed by atoms with Gasteiger partial charge in [0, 0.05) is 0 Å². The van der Waals surface area contributed by atoms with E-state index < -0.39 is 22.0 Å². The van der Waals surface area contributed by atoms with E-state index in [1.807, 2.05) is 128 Å². The summed E-state index contributed by atoms with van der Waals surface area (Å²) >= 11 is -5.76. The third-order valence-electron chi connectivity index (χ3n) is 9.22. The molecule has 0 amide bonds. The number of rotatable bonds is 8. The summed E-state index contributed by atoms with van der Waals surface area (Å²) < 4.78 is 28.5. The Bertz CT molecular complexity index is 2380. The second kappa shape index (κ2) is 13.4. The fourth-order valence-electron chi connectivity index (χ4n) is 5.89. The van der Waals surface area contributed by atoms with Crippen molar-refractivity contribution in [1.29, 1.82) is 0 Å². The van der Waals surface area contributed by atoms with Crippen LogP contribution in [-0.4, -0.2) is 39.9 Å². The van der Waals surface area contributed by atoms with Crippen LogP contribution in [0.15, 0.2) is 72.8 Å². The van der Waals surface area contributed by atoms with Crippen molar-refractivity contribution in [3.8, 4) is 23.0 Å². The van der Waals surface area contributed by atoms with E-state index in [9.17, 15) is 0 Å². The number of fused-ring (bicyclic) bond motifs is 4. The molecule has 0 atom stereocenters. The second-order valence-corrected chi connectivity index (χ2v) is 17.4. The molecule has 13 heteroatoms. The predicted octanol–water partition coefficient (Wildman–Crippen LogP) is 8.36. The van der Waals surface area contributed by atoms with Gasteiger partial charge in [-0.1, -0.05) is 0 Å². The molecule has 0 unspecified atom stereocenters. The van der Waals surface area contributed by atoms with Crippen LogP contribution in [0.25, 0.3) is 44.1 Å². The van der Waals surface area contributed by atoms with Crippen molar-refractivity contribution in [2.75, 3.05) is 0 Å². The van der Waals surface area contributed by atoms with Crippen LogP contribution in [0.5, 0.6) is 23.0 Å². The van der Waals surface area contributed by atoms with E-state index in [1.54, 1.807) is 0 Å². The molecule has 264 valence electrons. The first-order valence-electron chi connectivity index (χ1n) is 17.2. The van der Waals surface area contributed by atoms with Crippen molar-refractivity contribution < 1.29 is 33.3 Å². The summed E-state index contributed by atoms with van der Waals surface area (Å²) in [5.74, 6) is 1.51. The molecule has 8 rings (SSSR count). The van der Waals surface area contributed by atoms with Crippen molar-refractivity contribution in [3.05, 3.63) is 118 Å². The Kier molecular flexibility index (Phi) is 8.69. The standard InChI is InChI=1S/4C10H10N2O.Zr/c4*1-6-7(2)12-10-8(11-6)4-3-5-9(10)13;/h4*3-5,13H,1-2H3;/q;;;;+4/p-4. The number of para-hydroxylation sites is 4. The Morgan fingerprint density at radius 1 is 0.302 bits per heavy atom. The summed E-state index contributed by atoms with van der Waals surface area (Å²) in [6.45, 7) is 15.4. The van der Waals surface area contributed by atoms with E-state index in [-0.39, 0.29) is 0 Å². The topological polar surface area (TPSA) is 140 Å². The zero-order valence-corrected chi connectivity index (χ0v) is 33.1. The molecule has 0 radical (unpaired) electrons. The third-order valence-corrected chi connectivity index (χ3v) is 13.8. The molecule has 0 N–H and O–H groups in total. The van der Waals surface area contributed by atoms with Crippen LogP contribution in [0.3, 0.4) is 0 Å². The molecule has 0 saturated heterocycles.